The van der Waals surface area contributed by atoms with E-state index >= 15 is 0 Å². The van der Waals surface area contributed by atoms with Crippen LogP contribution in [0.15, 0.2) is 36.4 Å². The molecule has 0 unspecified atom stereocenters. The number of carbonyl (C=O) groups is 1. The molecule has 2 aromatic rings. The number of aromatic nitrogens is 2. The van der Waals surface area contributed by atoms with Crippen LogP contribution in [-0.2, 0) is 11.3 Å². The molecule has 0 radical (unpaired) electrons. The van der Waals surface area contributed by atoms with Crippen LogP contribution in [0.1, 0.15) is 42.5 Å². The van der Waals surface area contributed by atoms with Crippen LogP contribution in [-0.4, -0.2) is 33.7 Å². The zero-order chi connectivity index (χ0) is 17.6. The largest absolute Gasteiger partial charge is 0.339 e. The fourth-order valence-electron chi connectivity index (χ4n) is 3.17. The lowest BCUT2D eigenvalue weighted by Crippen LogP contribution is -2.30. The maximum atomic E-state index is 12.4. The molecule has 4 nitrogen and oxygen atoms in total. The molecule has 0 N–H and O–H groups in total. The molecule has 1 aromatic heterocycles. The minimum absolute atomic E-state index is 0.0631. The van der Waals surface area contributed by atoms with E-state index in [1.807, 2.05) is 42.2 Å². The molecule has 1 fully saturated rings. The lowest BCUT2D eigenvalue weighted by molar-refractivity contribution is -0.125. The normalized spacial score (nSPS) is 15.5. The number of rotatable bonds is 4. The van der Waals surface area contributed by atoms with Crippen molar-refractivity contribution in [2.45, 2.75) is 39.2 Å². The molecule has 1 amide bonds. The van der Waals surface area contributed by atoms with Crippen molar-refractivity contribution in [3.8, 4) is 0 Å². The third kappa shape index (κ3) is 4.51. The van der Waals surface area contributed by atoms with E-state index in [0.717, 1.165) is 42.8 Å². The number of nitrogens with zero attached hydrogens (tertiary/aromatic N) is 3. The van der Waals surface area contributed by atoms with Gasteiger partial charge in [0, 0.05) is 24.7 Å². The Morgan fingerprint density at radius 1 is 1.16 bits per heavy atom. The highest BCUT2D eigenvalue weighted by Gasteiger charge is 2.15. The summed E-state index contributed by atoms with van der Waals surface area (Å²) >= 11 is 6.50. The van der Waals surface area contributed by atoms with Gasteiger partial charge in [0.1, 0.15) is 5.15 Å². The Bertz CT molecular complexity index is 744. The fourth-order valence-corrected chi connectivity index (χ4v) is 3.47. The average molecular weight is 358 g/mol. The summed E-state index contributed by atoms with van der Waals surface area (Å²) in [6.07, 6.45) is 8.05. The van der Waals surface area contributed by atoms with Crippen molar-refractivity contribution in [1.29, 1.82) is 0 Å². The number of amides is 1. The third-order valence-corrected chi connectivity index (χ3v) is 4.99. The van der Waals surface area contributed by atoms with Gasteiger partial charge in [0.2, 0.25) is 5.91 Å². The third-order valence-electron chi connectivity index (χ3n) is 4.59. The van der Waals surface area contributed by atoms with Crippen molar-refractivity contribution in [3.63, 3.8) is 0 Å². The minimum Gasteiger partial charge on any atom is -0.339 e. The van der Waals surface area contributed by atoms with Crippen LogP contribution < -0.4 is 0 Å². The standard InChI is InChI=1S/C20H24ClN3O/c1-16-18(11-12-19(25)23-13-7-2-3-8-14-23)20(21)24(22-16)15-17-9-5-4-6-10-17/h4-6,9-12H,2-3,7-8,13-15H2,1H3. The van der Waals surface area contributed by atoms with Crippen LogP contribution in [0.2, 0.25) is 5.15 Å². The Kier molecular flexibility index (Phi) is 5.92. The molecule has 1 aliphatic heterocycles. The quantitative estimate of drug-likeness (QED) is 0.765. The summed E-state index contributed by atoms with van der Waals surface area (Å²) in [6.45, 7) is 4.24. The van der Waals surface area contributed by atoms with Crippen LogP contribution in [0.3, 0.4) is 0 Å². The van der Waals surface area contributed by atoms with Crippen molar-refractivity contribution < 1.29 is 4.79 Å². The second kappa shape index (κ2) is 8.34. The Morgan fingerprint density at radius 3 is 2.52 bits per heavy atom. The molecule has 0 spiro atoms. The number of carbonyl (C=O) groups excluding carboxylic acids is 1. The van der Waals surface area contributed by atoms with Crippen molar-refractivity contribution in [1.82, 2.24) is 14.7 Å². The Morgan fingerprint density at radius 2 is 1.84 bits per heavy atom. The molecule has 0 bridgehead atoms. The van der Waals surface area contributed by atoms with Crippen molar-refractivity contribution >= 4 is 23.6 Å². The zero-order valence-electron chi connectivity index (χ0n) is 14.6. The van der Waals surface area contributed by atoms with Gasteiger partial charge in [0.25, 0.3) is 0 Å². The van der Waals surface area contributed by atoms with E-state index in [4.69, 9.17) is 11.6 Å². The Balaban J connectivity index is 1.72. The van der Waals surface area contributed by atoms with E-state index < -0.39 is 0 Å². The van der Waals surface area contributed by atoms with Gasteiger partial charge in [-0.1, -0.05) is 54.8 Å². The maximum Gasteiger partial charge on any atom is 0.246 e. The van der Waals surface area contributed by atoms with Crippen molar-refractivity contribution in [2.24, 2.45) is 0 Å². The van der Waals surface area contributed by atoms with Crippen molar-refractivity contribution in [2.75, 3.05) is 13.1 Å². The molecular formula is C20H24ClN3O. The summed E-state index contributed by atoms with van der Waals surface area (Å²) < 4.78 is 1.78. The van der Waals surface area contributed by atoms with Crippen LogP contribution in [0, 0.1) is 6.92 Å². The lowest BCUT2D eigenvalue weighted by Gasteiger charge is -2.17. The first-order valence-electron chi connectivity index (χ1n) is 8.89. The average Bonchev–Trinajstić information content (AvgIpc) is 2.82. The molecule has 25 heavy (non-hydrogen) atoms. The van der Waals surface area contributed by atoms with Gasteiger partial charge in [-0.05, 0) is 31.4 Å². The summed E-state index contributed by atoms with van der Waals surface area (Å²) in [5.74, 6) is 0.0631. The minimum atomic E-state index is 0.0631. The van der Waals surface area contributed by atoms with Gasteiger partial charge in [-0.15, -0.1) is 0 Å². The first-order chi connectivity index (χ1) is 12.1. The first-order valence-corrected chi connectivity index (χ1v) is 9.27. The van der Waals surface area contributed by atoms with Crippen LogP contribution in [0.4, 0.5) is 0 Å². The summed E-state index contributed by atoms with van der Waals surface area (Å²) in [5.41, 5.74) is 2.80. The van der Waals surface area contributed by atoms with Gasteiger partial charge in [-0.2, -0.15) is 5.10 Å². The van der Waals surface area contributed by atoms with E-state index in [0.29, 0.717) is 11.7 Å². The molecule has 132 valence electrons. The summed E-state index contributed by atoms with van der Waals surface area (Å²) in [5, 5.41) is 5.09. The Hall–Kier alpha value is -2.07. The summed E-state index contributed by atoms with van der Waals surface area (Å²) in [6, 6.07) is 10.1. The highest BCUT2D eigenvalue weighted by Crippen LogP contribution is 2.22. The topological polar surface area (TPSA) is 38.1 Å². The molecule has 0 saturated carbocycles. The maximum absolute atomic E-state index is 12.4. The number of benzene rings is 1. The second-order valence-electron chi connectivity index (χ2n) is 6.51. The molecule has 0 aliphatic carbocycles. The molecule has 0 atom stereocenters. The smallest absolute Gasteiger partial charge is 0.246 e. The summed E-state index contributed by atoms with van der Waals surface area (Å²) in [4.78, 5) is 14.3. The monoisotopic (exact) mass is 357 g/mol. The van der Waals surface area contributed by atoms with Gasteiger partial charge < -0.3 is 4.90 Å². The number of halogens is 1. The number of aryl methyl sites for hydroxylation is 1. The molecule has 3 rings (SSSR count). The van der Waals surface area contributed by atoms with E-state index in [2.05, 4.69) is 5.10 Å². The van der Waals surface area contributed by atoms with Crippen molar-refractivity contribution in [3.05, 3.63) is 58.4 Å². The Labute approximate surface area is 154 Å². The van der Waals surface area contributed by atoms with Crippen LogP contribution >= 0.6 is 11.6 Å². The van der Waals surface area contributed by atoms with E-state index in [9.17, 15) is 4.79 Å². The van der Waals surface area contributed by atoms with E-state index in [1.54, 1.807) is 16.8 Å². The zero-order valence-corrected chi connectivity index (χ0v) is 15.4. The molecule has 1 aromatic carbocycles. The molecule has 1 aliphatic rings. The number of hydrogen-bond acceptors (Lipinski definition) is 2. The number of likely N-dealkylation sites (tertiary alicyclic amines) is 1. The first kappa shape index (κ1) is 17.7. The highest BCUT2D eigenvalue weighted by atomic mass is 35.5. The molecule has 1 saturated heterocycles. The summed E-state index contributed by atoms with van der Waals surface area (Å²) in [7, 11) is 0. The lowest BCUT2D eigenvalue weighted by atomic mass is 10.2. The van der Waals surface area contributed by atoms with Crippen LogP contribution in [0.5, 0.6) is 0 Å². The SMILES string of the molecule is Cc1nn(Cc2ccccc2)c(Cl)c1C=CC(=O)N1CCCCCC1. The molecule has 5 heteroatoms. The highest BCUT2D eigenvalue weighted by molar-refractivity contribution is 6.31. The fraction of sp³-hybridized carbons (Fsp3) is 0.400. The predicted molar refractivity (Wildman–Crippen MR) is 102 cm³/mol. The van der Waals surface area contributed by atoms with Crippen LogP contribution in [0.25, 0.3) is 6.08 Å². The van der Waals surface area contributed by atoms with E-state index in [1.165, 1.54) is 12.8 Å². The van der Waals surface area contributed by atoms with Gasteiger partial charge in [-0.25, -0.2) is 4.68 Å². The predicted octanol–water partition coefficient (Wildman–Crippen LogP) is 4.31. The van der Waals surface area contributed by atoms with Gasteiger partial charge >= 0.3 is 0 Å². The second-order valence-corrected chi connectivity index (χ2v) is 6.86. The van der Waals surface area contributed by atoms with Gasteiger partial charge in [0.15, 0.2) is 0 Å². The number of hydrogen-bond donors (Lipinski definition) is 0. The molecule has 2 heterocycles. The van der Waals surface area contributed by atoms with Gasteiger partial charge in [0.05, 0.1) is 12.2 Å². The van der Waals surface area contributed by atoms with E-state index in [-0.39, 0.29) is 5.91 Å². The van der Waals surface area contributed by atoms with Gasteiger partial charge in [-0.3, -0.25) is 4.79 Å². The molecular weight excluding hydrogens is 334 g/mol.